The highest BCUT2D eigenvalue weighted by atomic mass is 35.5. The van der Waals surface area contributed by atoms with Gasteiger partial charge in [-0.15, -0.1) is 0 Å². The summed E-state index contributed by atoms with van der Waals surface area (Å²) in [5.41, 5.74) is 8.83. The van der Waals surface area contributed by atoms with Crippen molar-refractivity contribution >= 4 is 51.9 Å². The normalized spacial score (nSPS) is 15.4. The standard InChI is InChI=1S/C20H18ClN5OS/c1-11-10-12-4-2-3-5-15(12)26(11)20-24-17(22)16(18(27)25-20)19(28)23-14-8-6-13(21)7-9-14/h2-9,11H,10H2,1H3,(H,23,28)(H3,22,24,25,27). The minimum absolute atomic E-state index is 0.0850. The average Bonchev–Trinajstić information content (AvgIpc) is 2.98. The van der Waals surface area contributed by atoms with Gasteiger partial charge in [0.05, 0.1) is 0 Å². The highest BCUT2D eigenvalue weighted by molar-refractivity contribution is 7.81. The molecular formula is C20H18ClN5OS. The molecule has 0 radical (unpaired) electrons. The number of nitrogens with two attached hydrogens (primary N) is 1. The number of halogens is 1. The average molecular weight is 412 g/mol. The number of nitrogen functional groups attached to an aromatic ring is 1. The molecule has 2 aromatic carbocycles. The lowest BCUT2D eigenvalue weighted by Gasteiger charge is -2.23. The molecule has 1 unspecified atom stereocenters. The van der Waals surface area contributed by atoms with Gasteiger partial charge >= 0.3 is 0 Å². The Balaban J connectivity index is 1.67. The van der Waals surface area contributed by atoms with Crippen LogP contribution in [0.4, 0.5) is 23.1 Å². The largest absolute Gasteiger partial charge is 0.383 e. The highest BCUT2D eigenvalue weighted by Crippen LogP contribution is 2.36. The number of fused-ring (bicyclic) bond motifs is 1. The Morgan fingerprint density at radius 1 is 1.29 bits per heavy atom. The number of anilines is 4. The Labute approximate surface area is 172 Å². The molecule has 0 bridgehead atoms. The van der Waals surface area contributed by atoms with Gasteiger partial charge in [-0.2, -0.15) is 4.98 Å². The summed E-state index contributed by atoms with van der Waals surface area (Å²) >= 11 is 11.3. The van der Waals surface area contributed by atoms with Gasteiger partial charge in [-0.05, 0) is 49.2 Å². The minimum Gasteiger partial charge on any atom is -0.383 e. The van der Waals surface area contributed by atoms with E-state index >= 15 is 0 Å². The van der Waals surface area contributed by atoms with Crippen LogP contribution in [0.15, 0.2) is 53.3 Å². The number of thiocarbonyl (C=S) groups is 1. The van der Waals surface area contributed by atoms with E-state index in [1.165, 1.54) is 5.56 Å². The van der Waals surface area contributed by atoms with Crippen molar-refractivity contribution in [1.29, 1.82) is 0 Å². The van der Waals surface area contributed by atoms with E-state index in [2.05, 4.69) is 28.3 Å². The van der Waals surface area contributed by atoms with E-state index in [0.717, 1.165) is 12.1 Å². The molecule has 0 saturated heterocycles. The lowest BCUT2D eigenvalue weighted by Crippen LogP contribution is -2.31. The van der Waals surface area contributed by atoms with Crippen molar-refractivity contribution in [3.8, 4) is 0 Å². The number of H-pyrrole nitrogens is 1. The Morgan fingerprint density at radius 3 is 2.71 bits per heavy atom. The van der Waals surface area contributed by atoms with Gasteiger partial charge in [0.2, 0.25) is 5.95 Å². The van der Waals surface area contributed by atoms with E-state index in [4.69, 9.17) is 29.6 Å². The summed E-state index contributed by atoms with van der Waals surface area (Å²) < 4.78 is 0. The third kappa shape index (κ3) is 3.34. The number of aromatic nitrogens is 2. The molecule has 142 valence electrons. The molecule has 1 atom stereocenters. The predicted octanol–water partition coefficient (Wildman–Crippen LogP) is 3.88. The summed E-state index contributed by atoms with van der Waals surface area (Å²) in [4.78, 5) is 22.2. The Hall–Kier alpha value is -2.90. The minimum atomic E-state index is -0.384. The molecule has 0 spiro atoms. The van der Waals surface area contributed by atoms with Crippen molar-refractivity contribution in [3.05, 3.63) is 75.0 Å². The fourth-order valence-corrected chi connectivity index (χ4v) is 3.87. The molecule has 0 aliphatic carbocycles. The first-order valence-electron chi connectivity index (χ1n) is 8.78. The lowest BCUT2D eigenvalue weighted by molar-refractivity contribution is 0.738. The molecule has 8 heteroatoms. The summed E-state index contributed by atoms with van der Waals surface area (Å²) in [6.07, 6.45) is 0.873. The van der Waals surface area contributed by atoms with Crippen LogP contribution in [0.5, 0.6) is 0 Å². The summed E-state index contributed by atoms with van der Waals surface area (Å²) in [7, 11) is 0. The van der Waals surface area contributed by atoms with Gasteiger partial charge in [0.25, 0.3) is 5.56 Å². The van der Waals surface area contributed by atoms with Crippen LogP contribution in [0.3, 0.4) is 0 Å². The summed E-state index contributed by atoms with van der Waals surface area (Å²) in [5, 5.41) is 3.61. The Kier molecular flexibility index (Phi) is 4.78. The van der Waals surface area contributed by atoms with Gasteiger partial charge in [0.1, 0.15) is 16.4 Å². The van der Waals surface area contributed by atoms with E-state index in [1.54, 1.807) is 24.3 Å². The number of hydrogen-bond acceptors (Lipinski definition) is 5. The molecule has 3 aromatic rings. The van der Waals surface area contributed by atoms with Crippen LogP contribution < -0.4 is 21.5 Å². The molecule has 6 nitrogen and oxygen atoms in total. The fourth-order valence-electron chi connectivity index (χ4n) is 3.43. The lowest BCUT2D eigenvalue weighted by atomic mass is 10.1. The molecule has 1 aromatic heterocycles. The van der Waals surface area contributed by atoms with E-state index in [9.17, 15) is 4.79 Å². The third-order valence-electron chi connectivity index (χ3n) is 4.70. The van der Waals surface area contributed by atoms with Crippen LogP contribution in [0.2, 0.25) is 5.02 Å². The monoisotopic (exact) mass is 411 g/mol. The van der Waals surface area contributed by atoms with E-state index in [0.29, 0.717) is 16.7 Å². The molecule has 0 saturated carbocycles. The molecule has 1 aliphatic rings. The number of aromatic amines is 1. The van der Waals surface area contributed by atoms with Crippen LogP contribution in [-0.2, 0) is 6.42 Å². The van der Waals surface area contributed by atoms with Crippen molar-refractivity contribution in [2.24, 2.45) is 0 Å². The first-order valence-corrected chi connectivity index (χ1v) is 9.56. The topological polar surface area (TPSA) is 87.0 Å². The van der Waals surface area contributed by atoms with Crippen molar-refractivity contribution in [3.63, 3.8) is 0 Å². The smallest absolute Gasteiger partial charge is 0.264 e. The second-order valence-electron chi connectivity index (χ2n) is 6.66. The number of benzene rings is 2. The zero-order chi connectivity index (χ0) is 19.8. The van der Waals surface area contributed by atoms with Crippen molar-refractivity contribution < 1.29 is 0 Å². The van der Waals surface area contributed by atoms with Gasteiger partial charge in [-0.1, -0.05) is 42.0 Å². The van der Waals surface area contributed by atoms with Crippen molar-refractivity contribution in [1.82, 2.24) is 9.97 Å². The quantitative estimate of drug-likeness (QED) is 0.567. The number of nitrogens with zero attached hydrogens (tertiary/aromatic N) is 2. The summed E-state index contributed by atoms with van der Waals surface area (Å²) in [6.45, 7) is 2.08. The second kappa shape index (κ2) is 7.26. The molecular weight excluding hydrogens is 394 g/mol. The van der Waals surface area contributed by atoms with Crippen molar-refractivity contribution in [2.75, 3.05) is 16.0 Å². The second-order valence-corrected chi connectivity index (χ2v) is 7.51. The van der Waals surface area contributed by atoms with Crippen molar-refractivity contribution in [2.45, 2.75) is 19.4 Å². The SMILES string of the molecule is CC1Cc2ccccc2N1c1nc(N)c(C(=S)Nc2ccc(Cl)cc2)c(=O)[nH]1. The van der Waals surface area contributed by atoms with Gasteiger partial charge in [0.15, 0.2) is 0 Å². The van der Waals surface area contributed by atoms with Gasteiger partial charge in [-0.25, -0.2) is 0 Å². The number of nitrogens with one attached hydrogen (secondary N) is 2. The Morgan fingerprint density at radius 2 is 2.00 bits per heavy atom. The molecule has 4 N–H and O–H groups in total. The van der Waals surface area contributed by atoms with E-state index in [-0.39, 0.29) is 28.0 Å². The van der Waals surface area contributed by atoms with Gasteiger partial charge in [-0.3, -0.25) is 9.78 Å². The maximum absolute atomic E-state index is 12.8. The van der Waals surface area contributed by atoms with Gasteiger partial charge < -0.3 is 16.0 Å². The number of para-hydroxylation sites is 1. The van der Waals surface area contributed by atoms with Crippen LogP contribution >= 0.6 is 23.8 Å². The van der Waals surface area contributed by atoms with Crippen LogP contribution in [-0.4, -0.2) is 21.0 Å². The molecule has 4 rings (SSSR count). The fraction of sp³-hybridized carbons (Fsp3) is 0.150. The molecule has 1 aliphatic heterocycles. The van der Waals surface area contributed by atoms with Crippen LogP contribution in [0.1, 0.15) is 18.1 Å². The number of rotatable bonds is 3. The van der Waals surface area contributed by atoms with E-state index in [1.807, 2.05) is 23.1 Å². The molecule has 2 heterocycles. The highest BCUT2D eigenvalue weighted by Gasteiger charge is 2.29. The van der Waals surface area contributed by atoms with Crippen LogP contribution in [0, 0.1) is 0 Å². The first kappa shape index (κ1) is 18.5. The van der Waals surface area contributed by atoms with Crippen LogP contribution in [0.25, 0.3) is 0 Å². The zero-order valence-corrected chi connectivity index (χ0v) is 16.6. The molecule has 0 fully saturated rings. The van der Waals surface area contributed by atoms with E-state index < -0.39 is 0 Å². The third-order valence-corrected chi connectivity index (χ3v) is 5.26. The van der Waals surface area contributed by atoms with Gasteiger partial charge in [0, 0.05) is 22.4 Å². The predicted molar refractivity (Wildman–Crippen MR) is 118 cm³/mol. The molecule has 0 amide bonds. The molecule has 28 heavy (non-hydrogen) atoms. The maximum Gasteiger partial charge on any atom is 0.264 e. The first-order chi connectivity index (χ1) is 13.4. The zero-order valence-electron chi connectivity index (χ0n) is 15.1. The summed E-state index contributed by atoms with van der Waals surface area (Å²) in [5.74, 6) is 0.500. The Bertz CT molecular complexity index is 1110. The maximum atomic E-state index is 12.8. The summed E-state index contributed by atoms with van der Waals surface area (Å²) in [6, 6.07) is 15.2. The number of hydrogen-bond donors (Lipinski definition) is 3.